The van der Waals surface area contributed by atoms with E-state index in [1.807, 2.05) is 24.3 Å². The molecule has 1 fully saturated rings. The molecule has 2 amide bonds. The molecule has 0 heterocycles. The monoisotopic (exact) mass is 302 g/mol. The lowest BCUT2D eigenvalue weighted by atomic mass is 9.93. The standard InChI is InChI=1S/C17H22N2O3/c20-13-9-14(16(21)18-11-5-1-2-6-11)15(10-13)17(22)19-12-7-3-4-8-12/h1-4,11-12,14-15H,5-10H2,(H,18,21)(H,19,22)/t14-,15-/m0/s1. The molecule has 0 aromatic rings. The lowest BCUT2D eigenvalue weighted by Crippen LogP contribution is -2.44. The van der Waals surface area contributed by atoms with Crippen LogP contribution in [0.15, 0.2) is 24.3 Å². The van der Waals surface area contributed by atoms with Gasteiger partial charge in [-0.3, -0.25) is 14.4 Å². The van der Waals surface area contributed by atoms with E-state index in [1.165, 1.54) is 0 Å². The molecule has 3 rings (SSSR count). The maximum Gasteiger partial charge on any atom is 0.224 e. The first-order chi connectivity index (χ1) is 10.6. The number of hydrogen-bond acceptors (Lipinski definition) is 3. The summed E-state index contributed by atoms with van der Waals surface area (Å²) in [6.07, 6.45) is 11.9. The second-order valence-electron chi connectivity index (χ2n) is 6.46. The van der Waals surface area contributed by atoms with Crippen LogP contribution in [0.25, 0.3) is 0 Å². The lowest BCUT2D eigenvalue weighted by molar-refractivity contribution is -0.134. The van der Waals surface area contributed by atoms with Crippen molar-refractivity contribution in [3.8, 4) is 0 Å². The number of carbonyl (C=O) groups is 3. The highest BCUT2D eigenvalue weighted by Crippen LogP contribution is 2.30. The van der Waals surface area contributed by atoms with Crippen molar-refractivity contribution in [2.45, 2.75) is 50.6 Å². The van der Waals surface area contributed by atoms with Crippen LogP contribution < -0.4 is 10.6 Å². The van der Waals surface area contributed by atoms with Crippen LogP contribution in [0.2, 0.25) is 0 Å². The van der Waals surface area contributed by atoms with E-state index in [-0.39, 0.29) is 42.5 Å². The van der Waals surface area contributed by atoms with E-state index in [2.05, 4.69) is 10.6 Å². The van der Waals surface area contributed by atoms with Crippen LogP contribution in [0.5, 0.6) is 0 Å². The Kier molecular flexibility index (Phi) is 4.41. The number of Topliss-reactive ketones (excluding diaryl/α,β-unsaturated/α-hetero) is 1. The topological polar surface area (TPSA) is 75.3 Å². The molecule has 5 heteroatoms. The minimum absolute atomic E-state index is 0.00870. The molecule has 0 saturated heterocycles. The average molecular weight is 302 g/mol. The zero-order valence-corrected chi connectivity index (χ0v) is 12.6. The van der Waals surface area contributed by atoms with Crippen LogP contribution in [-0.4, -0.2) is 29.7 Å². The Bertz CT molecular complexity index is 476. The van der Waals surface area contributed by atoms with Gasteiger partial charge >= 0.3 is 0 Å². The second-order valence-corrected chi connectivity index (χ2v) is 6.46. The summed E-state index contributed by atoms with van der Waals surface area (Å²) in [5.41, 5.74) is 0. The van der Waals surface area contributed by atoms with Gasteiger partial charge in [0.25, 0.3) is 0 Å². The van der Waals surface area contributed by atoms with Crippen molar-refractivity contribution in [2.75, 3.05) is 0 Å². The third-order valence-corrected chi connectivity index (χ3v) is 4.76. The van der Waals surface area contributed by atoms with Crippen molar-refractivity contribution in [3.05, 3.63) is 24.3 Å². The number of nitrogens with one attached hydrogen (secondary N) is 2. The molecule has 3 aliphatic carbocycles. The average Bonchev–Trinajstić information content (AvgIpc) is 3.19. The third-order valence-electron chi connectivity index (χ3n) is 4.76. The maximum absolute atomic E-state index is 12.4. The molecule has 1 saturated carbocycles. The highest BCUT2D eigenvalue weighted by Gasteiger charge is 2.42. The Morgan fingerprint density at radius 1 is 0.773 bits per heavy atom. The lowest BCUT2D eigenvalue weighted by Gasteiger charge is -2.22. The molecule has 0 aromatic heterocycles. The normalized spacial score (nSPS) is 28.5. The molecule has 0 bridgehead atoms. The molecule has 0 radical (unpaired) electrons. The van der Waals surface area contributed by atoms with Crippen LogP contribution in [0.3, 0.4) is 0 Å². The Morgan fingerprint density at radius 2 is 1.14 bits per heavy atom. The Morgan fingerprint density at radius 3 is 1.50 bits per heavy atom. The van der Waals surface area contributed by atoms with Gasteiger partial charge in [-0.25, -0.2) is 0 Å². The first-order valence-electron chi connectivity index (χ1n) is 8.06. The van der Waals surface area contributed by atoms with Gasteiger partial charge in [0.1, 0.15) is 5.78 Å². The predicted molar refractivity (Wildman–Crippen MR) is 81.8 cm³/mol. The van der Waals surface area contributed by atoms with Crippen LogP contribution in [0, 0.1) is 11.8 Å². The van der Waals surface area contributed by atoms with E-state index in [4.69, 9.17) is 0 Å². The van der Waals surface area contributed by atoms with Crippen molar-refractivity contribution >= 4 is 17.6 Å². The largest absolute Gasteiger partial charge is 0.352 e. The number of rotatable bonds is 4. The summed E-state index contributed by atoms with van der Waals surface area (Å²) < 4.78 is 0. The molecule has 3 aliphatic rings. The molecule has 0 aliphatic heterocycles. The van der Waals surface area contributed by atoms with E-state index in [0.29, 0.717) is 0 Å². The zero-order valence-electron chi connectivity index (χ0n) is 12.6. The predicted octanol–water partition coefficient (Wildman–Crippen LogP) is 1.25. The number of carbonyl (C=O) groups excluding carboxylic acids is 3. The van der Waals surface area contributed by atoms with E-state index in [1.54, 1.807) is 0 Å². The van der Waals surface area contributed by atoms with E-state index in [9.17, 15) is 14.4 Å². The molecular formula is C17H22N2O3. The molecule has 0 spiro atoms. The van der Waals surface area contributed by atoms with Gasteiger partial charge in [-0.15, -0.1) is 0 Å². The van der Waals surface area contributed by atoms with E-state index >= 15 is 0 Å². The molecule has 0 aromatic carbocycles. The fraction of sp³-hybridized carbons (Fsp3) is 0.588. The smallest absolute Gasteiger partial charge is 0.224 e. The molecule has 0 unspecified atom stereocenters. The first kappa shape index (κ1) is 15.0. The molecule has 2 atom stereocenters. The summed E-state index contributed by atoms with van der Waals surface area (Å²) in [4.78, 5) is 36.6. The number of ketones is 1. The van der Waals surface area contributed by atoms with Gasteiger partial charge in [0.05, 0.1) is 11.8 Å². The van der Waals surface area contributed by atoms with Crippen LogP contribution in [-0.2, 0) is 14.4 Å². The van der Waals surface area contributed by atoms with Crippen molar-refractivity contribution in [3.63, 3.8) is 0 Å². The number of hydrogen-bond donors (Lipinski definition) is 2. The minimum Gasteiger partial charge on any atom is -0.352 e. The van der Waals surface area contributed by atoms with Crippen LogP contribution in [0.4, 0.5) is 0 Å². The van der Waals surface area contributed by atoms with Gasteiger partial charge in [-0.1, -0.05) is 24.3 Å². The SMILES string of the molecule is O=C1C[C@H](C(=O)NC2CC=CC2)[C@@H](C(=O)NC2CC=CC2)C1. The fourth-order valence-corrected chi connectivity index (χ4v) is 3.50. The summed E-state index contributed by atoms with van der Waals surface area (Å²) in [5.74, 6) is -1.31. The maximum atomic E-state index is 12.4. The van der Waals surface area contributed by atoms with Crippen molar-refractivity contribution in [1.29, 1.82) is 0 Å². The third kappa shape index (κ3) is 3.29. The summed E-state index contributed by atoms with van der Waals surface area (Å²) in [5, 5.41) is 5.95. The molecule has 5 nitrogen and oxygen atoms in total. The minimum atomic E-state index is -0.512. The van der Waals surface area contributed by atoms with Crippen molar-refractivity contribution < 1.29 is 14.4 Å². The van der Waals surface area contributed by atoms with E-state index < -0.39 is 11.8 Å². The van der Waals surface area contributed by atoms with Gasteiger partial charge in [-0.05, 0) is 25.7 Å². The Hall–Kier alpha value is -1.91. The van der Waals surface area contributed by atoms with Crippen LogP contribution in [0.1, 0.15) is 38.5 Å². The quantitative estimate of drug-likeness (QED) is 0.768. The van der Waals surface area contributed by atoms with Gasteiger partial charge in [0, 0.05) is 24.9 Å². The highest BCUT2D eigenvalue weighted by atomic mass is 16.2. The zero-order chi connectivity index (χ0) is 15.5. The van der Waals surface area contributed by atoms with Gasteiger partial charge in [0.15, 0.2) is 0 Å². The molecule has 118 valence electrons. The van der Waals surface area contributed by atoms with Crippen molar-refractivity contribution in [1.82, 2.24) is 10.6 Å². The summed E-state index contributed by atoms with van der Waals surface area (Å²) in [7, 11) is 0. The molecule has 22 heavy (non-hydrogen) atoms. The van der Waals surface area contributed by atoms with Crippen LogP contribution >= 0.6 is 0 Å². The fourth-order valence-electron chi connectivity index (χ4n) is 3.50. The Balaban J connectivity index is 1.59. The number of amides is 2. The van der Waals surface area contributed by atoms with E-state index in [0.717, 1.165) is 25.7 Å². The van der Waals surface area contributed by atoms with Crippen molar-refractivity contribution in [2.24, 2.45) is 11.8 Å². The molecule has 2 N–H and O–H groups in total. The summed E-state index contributed by atoms with van der Waals surface area (Å²) in [6, 6.07) is 0.233. The summed E-state index contributed by atoms with van der Waals surface area (Å²) in [6.45, 7) is 0. The van der Waals surface area contributed by atoms with Gasteiger partial charge in [-0.2, -0.15) is 0 Å². The highest BCUT2D eigenvalue weighted by molar-refractivity contribution is 5.98. The summed E-state index contributed by atoms with van der Waals surface area (Å²) >= 11 is 0. The molecular weight excluding hydrogens is 280 g/mol. The Labute approximate surface area is 130 Å². The first-order valence-corrected chi connectivity index (χ1v) is 8.06. The van der Waals surface area contributed by atoms with Gasteiger partial charge in [0.2, 0.25) is 11.8 Å². The second kappa shape index (κ2) is 6.46. The van der Waals surface area contributed by atoms with Gasteiger partial charge < -0.3 is 10.6 Å².